The molecule has 0 aliphatic carbocycles. The fourth-order valence-corrected chi connectivity index (χ4v) is 2.02. The fraction of sp³-hybridized carbons (Fsp3) is 0.500. The number of carbonyl (C=O) groups excluding carboxylic acids is 1. The highest BCUT2D eigenvalue weighted by molar-refractivity contribution is 5.92. The number of anilines is 1. The summed E-state index contributed by atoms with van der Waals surface area (Å²) in [5, 5.41) is 11.7. The van der Waals surface area contributed by atoms with Gasteiger partial charge in [-0.2, -0.15) is 0 Å². The Morgan fingerprint density at radius 2 is 2.20 bits per heavy atom. The maximum Gasteiger partial charge on any atom is 0.238 e. The van der Waals surface area contributed by atoms with E-state index < -0.39 is 0 Å². The van der Waals surface area contributed by atoms with E-state index in [0.29, 0.717) is 36.7 Å². The van der Waals surface area contributed by atoms with Gasteiger partial charge in [0.15, 0.2) is 11.5 Å². The molecular formula is C14H20N2O4. The number of nitrogens with one attached hydrogen (secondary N) is 1. The SMILES string of the molecule is CCN(CCCO)CC(=O)Nc1ccc2c(c1)OCO2. The van der Waals surface area contributed by atoms with Gasteiger partial charge >= 0.3 is 0 Å². The number of carbonyl (C=O) groups is 1. The van der Waals surface area contributed by atoms with Crippen LogP contribution in [0.15, 0.2) is 18.2 Å². The maximum absolute atomic E-state index is 12.0. The Hall–Kier alpha value is -1.79. The molecule has 1 aromatic carbocycles. The van der Waals surface area contributed by atoms with Crippen molar-refractivity contribution in [3.63, 3.8) is 0 Å². The summed E-state index contributed by atoms with van der Waals surface area (Å²) in [5.41, 5.74) is 0.692. The number of hydrogen-bond donors (Lipinski definition) is 2. The molecular weight excluding hydrogens is 260 g/mol. The number of ether oxygens (including phenoxy) is 2. The molecule has 110 valence electrons. The maximum atomic E-state index is 12.0. The highest BCUT2D eigenvalue weighted by Crippen LogP contribution is 2.34. The van der Waals surface area contributed by atoms with E-state index in [9.17, 15) is 4.79 Å². The molecule has 20 heavy (non-hydrogen) atoms. The second-order valence-electron chi connectivity index (χ2n) is 4.56. The van der Waals surface area contributed by atoms with Crippen molar-refractivity contribution in [2.75, 3.05) is 38.4 Å². The van der Waals surface area contributed by atoms with E-state index in [0.717, 1.165) is 6.54 Å². The molecule has 0 saturated heterocycles. The predicted molar refractivity (Wildman–Crippen MR) is 75.0 cm³/mol. The van der Waals surface area contributed by atoms with Crippen LogP contribution in [0.2, 0.25) is 0 Å². The monoisotopic (exact) mass is 280 g/mol. The van der Waals surface area contributed by atoms with Crippen LogP contribution in [-0.2, 0) is 4.79 Å². The summed E-state index contributed by atoms with van der Waals surface area (Å²) in [6.45, 7) is 4.14. The number of fused-ring (bicyclic) bond motifs is 1. The molecule has 0 bridgehead atoms. The van der Waals surface area contributed by atoms with Crippen molar-refractivity contribution in [3.8, 4) is 11.5 Å². The molecule has 6 heteroatoms. The van der Waals surface area contributed by atoms with E-state index in [1.807, 2.05) is 11.8 Å². The summed E-state index contributed by atoms with van der Waals surface area (Å²) in [6.07, 6.45) is 0.672. The second kappa shape index (κ2) is 7.12. The van der Waals surface area contributed by atoms with Gasteiger partial charge in [0.25, 0.3) is 0 Å². The normalized spacial score (nSPS) is 12.8. The second-order valence-corrected chi connectivity index (χ2v) is 4.56. The average molecular weight is 280 g/mol. The van der Waals surface area contributed by atoms with Gasteiger partial charge in [0.05, 0.1) is 6.54 Å². The van der Waals surface area contributed by atoms with Crippen molar-refractivity contribution >= 4 is 11.6 Å². The van der Waals surface area contributed by atoms with Crippen molar-refractivity contribution in [2.24, 2.45) is 0 Å². The largest absolute Gasteiger partial charge is 0.454 e. The lowest BCUT2D eigenvalue weighted by molar-refractivity contribution is -0.117. The van der Waals surface area contributed by atoms with Crippen LogP contribution in [0.5, 0.6) is 11.5 Å². The minimum atomic E-state index is -0.0799. The van der Waals surface area contributed by atoms with E-state index in [2.05, 4.69) is 5.32 Å². The van der Waals surface area contributed by atoms with E-state index in [-0.39, 0.29) is 19.3 Å². The molecule has 1 heterocycles. The molecule has 0 fully saturated rings. The van der Waals surface area contributed by atoms with Gasteiger partial charge in [-0.15, -0.1) is 0 Å². The quantitative estimate of drug-likeness (QED) is 0.781. The van der Waals surface area contributed by atoms with Crippen molar-refractivity contribution in [1.29, 1.82) is 0 Å². The predicted octanol–water partition coefficient (Wildman–Crippen LogP) is 1.06. The third kappa shape index (κ3) is 3.85. The molecule has 2 rings (SSSR count). The highest BCUT2D eigenvalue weighted by atomic mass is 16.7. The minimum Gasteiger partial charge on any atom is -0.454 e. The van der Waals surface area contributed by atoms with E-state index >= 15 is 0 Å². The molecule has 0 atom stereocenters. The van der Waals surface area contributed by atoms with Crippen LogP contribution in [0.25, 0.3) is 0 Å². The van der Waals surface area contributed by atoms with Gasteiger partial charge in [-0.25, -0.2) is 0 Å². The van der Waals surface area contributed by atoms with E-state index in [1.54, 1.807) is 18.2 Å². The molecule has 0 unspecified atom stereocenters. The van der Waals surface area contributed by atoms with Crippen LogP contribution in [0, 0.1) is 0 Å². The summed E-state index contributed by atoms with van der Waals surface area (Å²) >= 11 is 0. The van der Waals surface area contributed by atoms with Crippen LogP contribution in [-0.4, -0.2) is 48.9 Å². The number of benzene rings is 1. The van der Waals surface area contributed by atoms with Crippen LogP contribution >= 0.6 is 0 Å². The van der Waals surface area contributed by atoms with Crippen molar-refractivity contribution in [1.82, 2.24) is 4.90 Å². The molecule has 1 amide bonds. The van der Waals surface area contributed by atoms with Gasteiger partial charge < -0.3 is 19.9 Å². The number of nitrogens with zero attached hydrogens (tertiary/aromatic N) is 1. The molecule has 6 nitrogen and oxygen atoms in total. The average Bonchev–Trinajstić information content (AvgIpc) is 2.90. The highest BCUT2D eigenvalue weighted by Gasteiger charge is 2.15. The van der Waals surface area contributed by atoms with Crippen molar-refractivity contribution < 1.29 is 19.4 Å². The molecule has 1 aliphatic rings. The smallest absolute Gasteiger partial charge is 0.238 e. The standard InChI is InChI=1S/C14H20N2O4/c1-2-16(6-3-7-17)9-14(18)15-11-4-5-12-13(8-11)20-10-19-12/h4-5,8,17H,2-3,6-7,9-10H2,1H3,(H,15,18). The fourth-order valence-electron chi connectivity index (χ4n) is 2.02. The third-order valence-electron chi connectivity index (χ3n) is 3.10. The lowest BCUT2D eigenvalue weighted by Crippen LogP contribution is -2.34. The van der Waals surface area contributed by atoms with Gasteiger partial charge in [-0.3, -0.25) is 9.69 Å². The van der Waals surface area contributed by atoms with Gasteiger partial charge in [0.2, 0.25) is 12.7 Å². The molecule has 2 N–H and O–H groups in total. The molecule has 0 radical (unpaired) electrons. The summed E-state index contributed by atoms with van der Waals surface area (Å²) in [5.74, 6) is 1.26. The number of hydrogen-bond acceptors (Lipinski definition) is 5. The van der Waals surface area contributed by atoms with Crippen LogP contribution < -0.4 is 14.8 Å². The first-order valence-corrected chi connectivity index (χ1v) is 6.75. The molecule has 0 aromatic heterocycles. The third-order valence-corrected chi connectivity index (χ3v) is 3.10. The van der Waals surface area contributed by atoms with Crippen LogP contribution in [0.4, 0.5) is 5.69 Å². The Morgan fingerprint density at radius 1 is 1.40 bits per heavy atom. The summed E-state index contributed by atoms with van der Waals surface area (Å²) < 4.78 is 10.5. The first-order valence-electron chi connectivity index (χ1n) is 6.75. The lowest BCUT2D eigenvalue weighted by atomic mass is 10.2. The topological polar surface area (TPSA) is 71.0 Å². The first kappa shape index (κ1) is 14.6. The Labute approximate surface area is 118 Å². The molecule has 0 saturated carbocycles. The number of amides is 1. The summed E-state index contributed by atoms with van der Waals surface area (Å²) in [6, 6.07) is 5.32. The number of aliphatic hydroxyl groups is 1. The summed E-state index contributed by atoms with van der Waals surface area (Å²) in [4.78, 5) is 13.9. The van der Waals surface area contributed by atoms with E-state index in [1.165, 1.54) is 0 Å². The summed E-state index contributed by atoms with van der Waals surface area (Å²) in [7, 11) is 0. The van der Waals surface area contributed by atoms with Gasteiger partial charge in [-0.1, -0.05) is 6.92 Å². The van der Waals surface area contributed by atoms with Gasteiger partial charge in [-0.05, 0) is 25.1 Å². The Balaban J connectivity index is 1.87. The Bertz CT molecular complexity index is 464. The zero-order valence-electron chi connectivity index (χ0n) is 11.6. The van der Waals surface area contributed by atoms with Crippen molar-refractivity contribution in [2.45, 2.75) is 13.3 Å². The first-order chi connectivity index (χ1) is 9.72. The zero-order chi connectivity index (χ0) is 14.4. The van der Waals surface area contributed by atoms with Crippen LogP contribution in [0.1, 0.15) is 13.3 Å². The van der Waals surface area contributed by atoms with E-state index in [4.69, 9.17) is 14.6 Å². The Morgan fingerprint density at radius 3 is 2.95 bits per heavy atom. The molecule has 0 spiro atoms. The number of likely N-dealkylation sites (N-methyl/N-ethyl adjacent to an activating group) is 1. The van der Waals surface area contributed by atoms with Gasteiger partial charge in [0.1, 0.15) is 0 Å². The minimum absolute atomic E-state index is 0.0799. The zero-order valence-corrected chi connectivity index (χ0v) is 11.6. The molecule has 1 aromatic rings. The van der Waals surface area contributed by atoms with Gasteiger partial charge in [0, 0.05) is 24.9 Å². The lowest BCUT2D eigenvalue weighted by Gasteiger charge is -2.19. The van der Waals surface area contributed by atoms with Crippen molar-refractivity contribution in [3.05, 3.63) is 18.2 Å². The Kier molecular flexibility index (Phi) is 5.20. The van der Waals surface area contributed by atoms with Crippen LogP contribution in [0.3, 0.4) is 0 Å². The number of aliphatic hydroxyl groups excluding tert-OH is 1. The molecule has 1 aliphatic heterocycles. The number of rotatable bonds is 7.